The van der Waals surface area contributed by atoms with Gasteiger partial charge in [0.15, 0.2) is 29.7 Å². The van der Waals surface area contributed by atoms with Crippen molar-refractivity contribution in [2.24, 2.45) is 16.5 Å². The fourth-order valence-electron chi connectivity index (χ4n) is 5.68. The molecule has 2 saturated heterocycles. The molecule has 42 heavy (non-hydrogen) atoms. The summed E-state index contributed by atoms with van der Waals surface area (Å²) in [4.78, 5) is 34.6. The summed E-state index contributed by atoms with van der Waals surface area (Å²) < 4.78 is 14.5. The van der Waals surface area contributed by atoms with Crippen LogP contribution >= 0.6 is 0 Å². The lowest BCUT2D eigenvalue weighted by molar-refractivity contribution is -0.119. The molecule has 6 rings (SSSR count). The molecule has 2 fully saturated rings. The first-order valence-electron chi connectivity index (χ1n) is 13.1. The second-order valence-electron chi connectivity index (χ2n) is 10.4. The minimum absolute atomic E-state index is 0.00596. The second-order valence-corrected chi connectivity index (χ2v) is 10.4. The Morgan fingerprint density at radius 1 is 0.952 bits per heavy atom. The first kappa shape index (κ1) is 28.3. The fraction of sp³-hybridized carbons (Fsp3) is 0.565. The van der Waals surface area contributed by atoms with E-state index in [1.807, 2.05) is 0 Å². The first-order chi connectivity index (χ1) is 20.1. The predicted octanol–water partition coefficient (Wildman–Crippen LogP) is -3.90. The number of nitrogens with two attached hydrogens (primary N) is 3. The minimum Gasteiger partial charge on any atom is -0.394 e. The number of hydrogen-bond acceptors (Lipinski definition) is 16. The molecular formula is C23H31N11O8. The number of aromatic nitrogens is 6. The smallest absolute Gasteiger partial charge is 0.219 e. The maximum atomic E-state index is 12.1. The normalized spacial score (nSPS) is 33.4. The van der Waals surface area contributed by atoms with Gasteiger partial charge in [-0.3, -0.25) is 13.9 Å². The van der Waals surface area contributed by atoms with Crippen molar-refractivity contribution in [1.29, 1.82) is 0 Å². The van der Waals surface area contributed by atoms with Crippen molar-refractivity contribution in [1.82, 2.24) is 34.0 Å². The fourth-order valence-corrected chi connectivity index (χ4v) is 5.68. The van der Waals surface area contributed by atoms with E-state index in [1.165, 1.54) is 39.4 Å². The highest BCUT2D eigenvalue weighted by molar-refractivity contribution is 5.81. The Morgan fingerprint density at radius 2 is 1.62 bits per heavy atom. The van der Waals surface area contributed by atoms with Gasteiger partial charge in [-0.05, 0) is 6.42 Å². The summed E-state index contributed by atoms with van der Waals surface area (Å²) in [6.45, 7) is -0.500. The molecule has 3 aromatic heterocycles. The lowest BCUT2D eigenvalue weighted by atomic mass is 9.98. The highest BCUT2D eigenvalue weighted by Crippen LogP contribution is 2.39. The first-order valence-corrected chi connectivity index (χ1v) is 13.1. The quantitative estimate of drug-likeness (QED) is 0.125. The summed E-state index contributed by atoms with van der Waals surface area (Å²) in [5.41, 5.74) is 18.8. The zero-order chi connectivity index (χ0) is 29.9. The van der Waals surface area contributed by atoms with Gasteiger partial charge in [0.2, 0.25) is 5.91 Å². The van der Waals surface area contributed by atoms with Gasteiger partial charge in [0.05, 0.1) is 31.7 Å². The molecule has 3 aliphatic rings. The number of fused-ring (bicyclic) bond motifs is 2. The maximum Gasteiger partial charge on any atom is 0.219 e. The molecule has 0 aliphatic carbocycles. The number of rotatable bonds is 8. The molecule has 1 amide bonds. The van der Waals surface area contributed by atoms with Crippen LogP contribution in [0.4, 0.5) is 11.6 Å². The lowest BCUT2D eigenvalue weighted by Crippen LogP contribution is -2.47. The number of aliphatic imine (C=N–C) groups is 1. The molecule has 19 heteroatoms. The number of carbonyl (C=O) groups is 1. The van der Waals surface area contributed by atoms with Crippen molar-refractivity contribution in [3.63, 3.8) is 0 Å². The van der Waals surface area contributed by atoms with E-state index in [2.05, 4.69) is 24.9 Å². The van der Waals surface area contributed by atoms with E-state index in [0.29, 0.717) is 11.2 Å². The van der Waals surface area contributed by atoms with Crippen molar-refractivity contribution in [3.8, 4) is 0 Å². The van der Waals surface area contributed by atoms with Crippen LogP contribution in [0.5, 0.6) is 0 Å². The third-order valence-electron chi connectivity index (χ3n) is 7.86. The summed E-state index contributed by atoms with van der Waals surface area (Å²) in [7, 11) is 0. The molecule has 0 bridgehead atoms. The van der Waals surface area contributed by atoms with Gasteiger partial charge in [-0.15, -0.1) is 0 Å². The Labute approximate surface area is 236 Å². The van der Waals surface area contributed by atoms with Crippen LogP contribution in [-0.4, -0.2) is 121 Å². The molecule has 226 valence electrons. The van der Waals surface area contributed by atoms with Gasteiger partial charge >= 0.3 is 0 Å². The van der Waals surface area contributed by atoms with E-state index >= 15 is 0 Å². The van der Waals surface area contributed by atoms with Crippen molar-refractivity contribution < 1.29 is 39.8 Å². The highest BCUT2D eigenvalue weighted by Gasteiger charge is 2.47. The summed E-state index contributed by atoms with van der Waals surface area (Å²) >= 11 is 0. The Balaban J connectivity index is 1.23. The van der Waals surface area contributed by atoms with Gasteiger partial charge in [0.25, 0.3) is 0 Å². The van der Waals surface area contributed by atoms with Gasteiger partial charge in [-0.1, -0.05) is 0 Å². The number of primary amides is 1. The largest absolute Gasteiger partial charge is 0.394 e. The number of carbonyl (C=O) groups excluding carboxylic acids is 1. The zero-order valence-electron chi connectivity index (χ0n) is 22.0. The van der Waals surface area contributed by atoms with E-state index < -0.39 is 73.8 Å². The summed E-state index contributed by atoms with van der Waals surface area (Å²) in [5.74, 6) is -0.267. The highest BCUT2D eigenvalue weighted by atomic mass is 16.6. The molecule has 10 atom stereocenters. The van der Waals surface area contributed by atoms with Crippen LogP contribution in [0.1, 0.15) is 37.2 Å². The SMILES string of the molecule is NC(=O)CC(C[C@H]1O[C@@H](n2cnc3c(N)ncnc32)C(O)C1O)N1C=Nc2c(ncn2[C@@H]2O[C@H](CO)C(O)C2O)C1N. The number of hydrogen-bond donors (Lipinski definition) is 8. The predicted molar refractivity (Wildman–Crippen MR) is 140 cm³/mol. The number of ether oxygens (including phenoxy) is 2. The Hall–Kier alpha value is -3.82. The van der Waals surface area contributed by atoms with E-state index in [0.717, 1.165) is 0 Å². The molecule has 6 unspecified atom stereocenters. The van der Waals surface area contributed by atoms with E-state index in [9.17, 15) is 30.3 Å². The third kappa shape index (κ3) is 4.55. The maximum absolute atomic E-state index is 12.1. The zero-order valence-corrected chi connectivity index (χ0v) is 22.0. The van der Waals surface area contributed by atoms with Crippen LogP contribution < -0.4 is 17.2 Å². The summed E-state index contributed by atoms with van der Waals surface area (Å²) in [6.07, 6.45) is -5.34. The molecule has 3 aromatic rings. The monoisotopic (exact) mass is 589 g/mol. The van der Waals surface area contributed by atoms with Crippen LogP contribution in [0.3, 0.4) is 0 Å². The van der Waals surface area contributed by atoms with Gasteiger partial charge in [-0.2, -0.15) is 0 Å². The molecular weight excluding hydrogens is 558 g/mol. The number of aliphatic hydroxyl groups is 5. The van der Waals surface area contributed by atoms with Crippen molar-refractivity contribution in [3.05, 3.63) is 24.7 Å². The van der Waals surface area contributed by atoms with Crippen molar-refractivity contribution in [2.75, 3.05) is 12.3 Å². The molecule has 0 aromatic carbocycles. The number of aliphatic hydroxyl groups excluding tert-OH is 5. The molecule has 0 radical (unpaired) electrons. The van der Waals surface area contributed by atoms with E-state index in [1.54, 1.807) is 0 Å². The van der Waals surface area contributed by atoms with Crippen LogP contribution in [0.15, 0.2) is 24.0 Å². The molecule has 11 N–H and O–H groups in total. The average molecular weight is 590 g/mol. The lowest BCUT2D eigenvalue weighted by Gasteiger charge is -2.37. The standard InChI is InChI=1S/C23H31N11O8/c24-11(36)2-8(1-9-14(37)16(39)22(41-9)33-5-29-12-18(25)27-4-28-20(12)33)32-7-31-21-13(19(32)26)30-6-34(21)23-17(40)15(38)10(3-35)42-23/h4-10,14-17,19,22-23,35,37-40H,1-3,26H2,(H2,24,36)(H2,25,27,28)/t8?,9-,10-,14?,15?,16?,17?,19?,22-,23-/m1/s1. The van der Waals surface area contributed by atoms with Crippen LogP contribution in [0.2, 0.25) is 0 Å². The molecule has 0 spiro atoms. The minimum atomic E-state index is -1.38. The average Bonchev–Trinajstić information content (AvgIpc) is 3.71. The number of nitrogens with zero attached hydrogens (tertiary/aromatic N) is 8. The molecule has 6 heterocycles. The number of nitrogen functional groups attached to an aromatic ring is 1. The van der Waals surface area contributed by atoms with Gasteiger partial charge in [0, 0.05) is 12.5 Å². The second kappa shape index (κ2) is 10.8. The molecule has 3 aliphatic heterocycles. The number of anilines is 1. The summed E-state index contributed by atoms with van der Waals surface area (Å²) in [5, 5.41) is 51.8. The van der Waals surface area contributed by atoms with Gasteiger partial charge in [-0.25, -0.2) is 24.9 Å². The Morgan fingerprint density at radius 3 is 2.31 bits per heavy atom. The van der Waals surface area contributed by atoms with Gasteiger partial charge in [0.1, 0.15) is 54.2 Å². The molecule has 19 nitrogen and oxygen atoms in total. The topological polar surface area (TPSA) is 292 Å². The van der Waals surface area contributed by atoms with Gasteiger partial charge < -0.3 is 57.1 Å². The van der Waals surface area contributed by atoms with E-state index in [4.69, 9.17) is 26.7 Å². The number of amides is 1. The Kier molecular flexibility index (Phi) is 7.27. The van der Waals surface area contributed by atoms with Crippen LogP contribution in [-0.2, 0) is 14.3 Å². The van der Waals surface area contributed by atoms with Crippen molar-refractivity contribution >= 4 is 35.0 Å². The van der Waals surface area contributed by atoms with Crippen LogP contribution in [0, 0.1) is 0 Å². The van der Waals surface area contributed by atoms with Crippen LogP contribution in [0.25, 0.3) is 11.2 Å². The summed E-state index contributed by atoms with van der Waals surface area (Å²) in [6, 6.07) is -0.739. The van der Waals surface area contributed by atoms with E-state index in [-0.39, 0.29) is 30.2 Å². The van der Waals surface area contributed by atoms with Crippen molar-refractivity contribution in [2.45, 2.75) is 74.1 Å². The third-order valence-corrected chi connectivity index (χ3v) is 7.86. The Bertz CT molecular complexity index is 1500. The number of imidazole rings is 2. The molecule has 0 saturated carbocycles.